The van der Waals surface area contributed by atoms with E-state index in [1.54, 1.807) is 6.07 Å². The van der Waals surface area contributed by atoms with Crippen LogP contribution in [-0.4, -0.2) is 19.5 Å². The second-order valence-electron chi connectivity index (χ2n) is 3.86. The molecule has 3 aromatic heterocycles. The van der Waals surface area contributed by atoms with Crippen molar-refractivity contribution in [3.05, 3.63) is 56.1 Å². The third kappa shape index (κ3) is 2.15. The zero-order chi connectivity index (χ0) is 14.3. The topological polar surface area (TPSA) is 90.4 Å². The first-order chi connectivity index (χ1) is 9.54. The number of hydrogen-bond donors (Lipinski definition) is 0. The van der Waals surface area contributed by atoms with Crippen LogP contribution in [0.2, 0.25) is 5.02 Å². The van der Waals surface area contributed by atoms with E-state index in [-0.39, 0.29) is 11.2 Å². The van der Waals surface area contributed by atoms with Gasteiger partial charge in [-0.3, -0.25) is 19.9 Å². The lowest BCUT2D eigenvalue weighted by atomic mass is 10.3. The Labute approximate surface area is 120 Å². The lowest BCUT2D eigenvalue weighted by Gasteiger charge is -1.94. The Kier molecular flexibility index (Phi) is 2.96. The van der Waals surface area contributed by atoms with Gasteiger partial charge in [-0.25, -0.2) is 0 Å². The van der Waals surface area contributed by atoms with Gasteiger partial charge in [0.1, 0.15) is 16.0 Å². The second kappa shape index (κ2) is 4.66. The largest absolute Gasteiger partial charge is 0.288 e. The highest BCUT2D eigenvalue weighted by Crippen LogP contribution is 2.27. The van der Waals surface area contributed by atoms with E-state index in [9.17, 15) is 14.9 Å². The molecule has 0 N–H and O–H groups in total. The minimum Gasteiger partial charge on any atom is -0.267 e. The van der Waals surface area contributed by atoms with E-state index in [1.165, 1.54) is 34.2 Å². The van der Waals surface area contributed by atoms with E-state index in [0.29, 0.717) is 20.4 Å². The van der Waals surface area contributed by atoms with Crippen LogP contribution in [0.5, 0.6) is 0 Å². The predicted molar refractivity (Wildman–Crippen MR) is 74.2 cm³/mol. The van der Waals surface area contributed by atoms with Crippen LogP contribution in [0.15, 0.2) is 35.4 Å². The SMILES string of the molecule is O=c1cc(Cl)cc2sc(-c3cncc([N+](=O)[O-])c3)nn12. The van der Waals surface area contributed by atoms with Crippen LogP contribution < -0.4 is 5.56 Å². The number of fused-ring (bicyclic) bond motifs is 1. The van der Waals surface area contributed by atoms with Crippen LogP contribution in [0.1, 0.15) is 0 Å². The predicted octanol–water partition coefficient (Wildman–Crippen LogP) is 2.38. The molecular formula is C11H5ClN4O3S. The van der Waals surface area contributed by atoms with Crippen LogP contribution in [0.25, 0.3) is 15.4 Å². The Morgan fingerprint density at radius 3 is 2.85 bits per heavy atom. The third-order valence-electron chi connectivity index (χ3n) is 2.51. The second-order valence-corrected chi connectivity index (χ2v) is 5.30. The molecule has 0 fully saturated rings. The molecule has 7 nitrogen and oxygen atoms in total. The molecule has 0 atom stereocenters. The van der Waals surface area contributed by atoms with E-state index >= 15 is 0 Å². The molecule has 3 aromatic rings. The molecule has 0 saturated heterocycles. The third-order valence-corrected chi connectivity index (χ3v) is 3.74. The zero-order valence-electron chi connectivity index (χ0n) is 9.69. The van der Waals surface area contributed by atoms with Crippen molar-refractivity contribution in [1.29, 1.82) is 0 Å². The molecule has 3 rings (SSSR count). The number of halogens is 1. The van der Waals surface area contributed by atoms with Crippen molar-refractivity contribution < 1.29 is 4.92 Å². The van der Waals surface area contributed by atoms with Gasteiger partial charge < -0.3 is 0 Å². The monoisotopic (exact) mass is 308 g/mol. The number of nitro groups is 1. The minimum atomic E-state index is -0.535. The Balaban J connectivity index is 2.20. The van der Waals surface area contributed by atoms with Crippen molar-refractivity contribution in [2.24, 2.45) is 0 Å². The number of rotatable bonds is 2. The maximum atomic E-state index is 11.7. The van der Waals surface area contributed by atoms with Gasteiger partial charge in [0.05, 0.1) is 4.92 Å². The molecule has 0 aromatic carbocycles. The minimum absolute atomic E-state index is 0.132. The van der Waals surface area contributed by atoms with Gasteiger partial charge in [0.15, 0.2) is 0 Å². The summed E-state index contributed by atoms with van der Waals surface area (Å²) in [6.45, 7) is 0. The standard InChI is InChI=1S/C11H5ClN4O3S/c12-7-2-9(17)15-10(3-7)20-11(14-15)6-1-8(16(18)19)5-13-4-6/h1-5H. The van der Waals surface area contributed by atoms with Gasteiger partial charge in [-0.05, 0) is 6.07 Å². The van der Waals surface area contributed by atoms with E-state index in [4.69, 9.17) is 11.6 Å². The fourth-order valence-corrected chi connectivity index (χ4v) is 2.87. The van der Waals surface area contributed by atoms with Gasteiger partial charge >= 0.3 is 0 Å². The van der Waals surface area contributed by atoms with Gasteiger partial charge in [-0.2, -0.15) is 9.61 Å². The molecule has 0 spiro atoms. The zero-order valence-corrected chi connectivity index (χ0v) is 11.3. The Hall–Kier alpha value is -2.32. The first-order valence-corrected chi connectivity index (χ1v) is 6.53. The van der Waals surface area contributed by atoms with Crippen LogP contribution >= 0.6 is 22.9 Å². The van der Waals surface area contributed by atoms with Crippen molar-refractivity contribution in [2.75, 3.05) is 0 Å². The molecule has 100 valence electrons. The highest BCUT2D eigenvalue weighted by Gasteiger charge is 2.13. The van der Waals surface area contributed by atoms with Gasteiger partial charge in [0, 0.05) is 28.9 Å². The summed E-state index contributed by atoms with van der Waals surface area (Å²) in [6.07, 6.45) is 2.61. The van der Waals surface area contributed by atoms with Crippen molar-refractivity contribution >= 4 is 33.5 Å². The fourth-order valence-electron chi connectivity index (χ4n) is 1.65. The smallest absolute Gasteiger partial charge is 0.267 e. The summed E-state index contributed by atoms with van der Waals surface area (Å²) in [5, 5.41) is 15.6. The van der Waals surface area contributed by atoms with Crippen molar-refractivity contribution in [3.8, 4) is 10.6 Å². The summed E-state index contributed by atoms with van der Waals surface area (Å²) in [4.78, 5) is 26.3. The molecule has 20 heavy (non-hydrogen) atoms. The number of hydrogen-bond acceptors (Lipinski definition) is 6. The molecule has 0 bridgehead atoms. The van der Waals surface area contributed by atoms with Crippen LogP contribution in [0.3, 0.4) is 0 Å². The summed E-state index contributed by atoms with van der Waals surface area (Å²) in [7, 11) is 0. The van der Waals surface area contributed by atoms with Crippen LogP contribution in [0, 0.1) is 10.1 Å². The molecule has 0 radical (unpaired) electrons. The average Bonchev–Trinajstić information content (AvgIpc) is 2.83. The normalized spacial score (nSPS) is 10.8. The Morgan fingerprint density at radius 2 is 2.10 bits per heavy atom. The summed E-state index contributed by atoms with van der Waals surface area (Å²) in [5.41, 5.74) is -0.0102. The van der Waals surface area contributed by atoms with Crippen molar-refractivity contribution in [1.82, 2.24) is 14.6 Å². The lowest BCUT2D eigenvalue weighted by Crippen LogP contribution is -2.11. The van der Waals surface area contributed by atoms with Crippen molar-refractivity contribution in [3.63, 3.8) is 0 Å². The Morgan fingerprint density at radius 1 is 1.30 bits per heavy atom. The van der Waals surface area contributed by atoms with E-state index in [1.807, 2.05) is 0 Å². The van der Waals surface area contributed by atoms with Gasteiger partial charge in [-0.1, -0.05) is 22.9 Å². The summed E-state index contributed by atoms with van der Waals surface area (Å²) >= 11 is 7.01. The summed E-state index contributed by atoms with van der Waals surface area (Å²) in [5.74, 6) is 0. The van der Waals surface area contributed by atoms with E-state index in [2.05, 4.69) is 10.1 Å². The Bertz CT molecular complexity index is 889. The molecule has 9 heteroatoms. The first kappa shape index (κ1) is 12.7. The first-order valence-electron chi connectivity index (χ1n) is 5.34. The van der Waals surface area contributed by atoms with Gasteiger partial charge in [0.25, 0.3) is 11.2 Å². The van der Waals surface area contributed by atoms with E-state index in [0.717, 1.165) is 6.20 Å². The fraction of sp³-hybridized carbons (Fsp3) is 0. The molecule has 0 aliphatic heterocycles. The quantitative estimate of drug-likeness (QED) is 0.535. The molecule has 0 aliphatic rings. The maximum absolute atomic E-state index is 11.7. The van der Waals surface area contributed by atoms with Crippen molar-refractivity contribution in [2.45, 2.75) is 0 Å². The highest BCUT2D eigenvalue weighted by molar-refractivity contribution is 7.20. The van der Waals surface area contributed by atoms with Gasteiger partial charge in [-0.15, -0.1) is 0 Å². The molecule has 0 amide bonds. The van der Waals surface area contributed by atoms with Crippen LogP contribution in [0.4, 0.5) is 5.69 Å². The number of aromatic nitrogens is 3. The molecule has 0 unspecified atom stereocenters. The maximum Gasteiger partial charge on any atom is 0.288 e. The van der Waals surface area contributed by atoms with E-state index < -0.39 is 4.92 Å². The summed E-state index contributed by atoms with van der Waals surface area (Å²) in [6, 6.07) is 4.22. The molecule has 3 heterocycles. The van der Waals surface area contributed by atoms with Crippen LogP contribution in [-0.2, 0) is 0 Å². The highest BCUT2D eigenvalue weighted by atomic mass is 35.5. The lowest BCUT2D eigenvalue weighted by molar-refractivity contribution is -0.385. The molecular weight excluding hydrogens is 304 g/mol. The number of nitrogens with zero attached hydrogens (tertiary/aromatic N) is 4. The summed E-state index contributed by atoms with van der Waals surface area (Å²) < 4.78 is 1.20. The number of pyridine rings is 2. The average molecular weight is 309 g/mol. The van der Waals surface area contributed by atoms with Gasteiger partial charge in [0.2, 0.25) is 0 Å². The molecule has 0 aliphatic carbocycles. The molecule has 0 saturated carbocycles.